The Bertz CT molecular complexity index is 898. The van der Waals surface area contributed by atoms with Crippen molar-refractivity contribution in [1.29, 1.82) is 0 Å². The maximum Gasteiger partial charge on any atom is 0.287 e. The highest BCUT2D eigenvalue weighted by Crippen LogP contribution is 2.15. The minimum absolute atomic E-state index is 0.0306. The molecular formula is C22H26FN3O4. The second-order valence-electron chi connectivity index (χ2n) is 7.62. The number of rotatable bonds is 5. The number of hydrogen-bond donors (Lipinski definition) is 1. The van der Waals surface area contributed by atoms with Crippen molar-refractivity contribution in [2.75, 3.05) is 26.2 Å². The van der Waals surface area contributed by atoms with Crippen LogP contribution in [0.15, 0.2) is 47.1 Å². The van der Waals surface area contributed by atoms with Crippen LogP contribution in [0.25, 0.3) is 0 Å². The molecule has 1 unspecified atom stereocenters. The molecule has 1 N–H and O–H groups in total. The smallest absolute Gasteiger partial charge is 0.287 e. The fourth-order valence-corrected chi connectivity index (χ4v) is 3.48. The van der Waals surface area contributed by atoms with E-state index >= 15 is 0 Å². The van der Waals surface area contributed by atoms with E-state index in [0.29, 0.717) is 32.6 Å². The van der Waals surface area contributed by atoms with Crippen LogP contribution in [0.2, 0.25) is 0 Å². The normalized spacial score (nSPS) is 15.6. The lowest BCUT2D eigenvalue weighted by molar-refractivity contribution is -0.134. The highest BCUT2D eigenvalue weighted by Gasteiger charge is 2.31. The van der Waals surface area contributed by atoms with Crippen LogP contribution in [0.5, 0.6) is 0 Å². The molecule has 1 fully saturated rings. The van der Waals surface area contributed by atoms with Crippen LogP contribution in [-0.2, 0) is 4.79 Å². The van der Waals surface area contributed by atoms with E-state index in [1.165, 1.54) is 30.5 Å². The summed E-state index contributed by atoms with van der Waals surface area (Å²) in [5, 5.41) is 2.75. The summed E-state index contributed by atoms with van der Waals surface area (Å²) in [6.07, 6.45) is 1.97. The summed E-state index contributed by atoms with van der Waals surface area (Å²) in [6.45, 7) is 5.23. The van der Waals surface area contributed by atoms with E-state index in [1.807, 2.05) is 13.8 Å². The molecule has 3 rings (SSSR count). The van der Waals surface area contributed by atoms with Crippen molar-refractivity contribution in [3.63, 3.8) is 0 Å². The first-order valence-corrected chi connectivity index (χ1v) is 10.1. The van der Waals surface area contributed by atoms with Gasteiger partial charge in [-0.2, -0.15) is 0 Å². The monoisotopic (exact) mass is 415 g/mol. The van der Waals surface area contributed by atoms with Gasteiger partial charge in [0.2, 0.25) is 5.91 Å². The summed E-state index contributed by atoms with van der Waals surface area (Å²) in [4.78, 5) is 41.4. The molecule has 7 nitrogen and oxygen atoms in total. The van der Waals surface area contributed by atoms with Crippen LogP contribution in [0, 0.1) is 11.7 Å². The van der Waals surface area contributed by atoms with Crippen molar-refractivity contribution in [3.05, 3.63) is 59.8 Å². The number of carbonyl (C=O) groups excluding carboxylic acids is 3. The second-order valence-corrected chi connectivity index (χ2v) is 7.62. The maximum absolute atomic E-state index is 14.0. The number of benzene rings is 1. The number of furan rings is 1. The van der Waals surface area contributed by atoms with Crippen LogP contribution in [0.3, 0.4) is 0 Å². The summed E-state index contributed by atoms with van der Waals surface area (Å²) in [5.41, 5.74) is 0.0306. The van der Waals surface area contributed by atoms with Crippen LogP contribution in [0.4, 0.5) is 4.39 Å². The third-order valence-corrected chi connectivity index (χ3v) is 5.16. The van der Waals surface area contributed by atoms with Gasteiger partial charge in [0.15, 0.2) is 5.76 Å². The Morgan fingerprint density at radius 3 is 2.37 bits per heavy atom. The average Bonchev–Trinajstić information content (AvgIpc) is 3.16. The van der Waals surface area contributed by atoms with E-state index in [1.54, 1.807) is 21.9 Å². The quantitative estimate of drug-likeness (QED) is 0.814. The molecular weight excluding hydrogens is 389 g/mol. The van der Waals surface area contributed by atoms with Crippen LogP contribution >= 0.6 is 0 Å². The van der Waals surface area contributed by atoms with Crippen LogP contribution < -0.4 is 5.32 Å². The Labute approximate surface area is 174 Å². The Morgan fingerprint density at radius 1 is 1.00 bits per heavy atom. The lowest BCUT2D eigenvalue weighted by Gasteiger charge is -2.29. The molecule has 0 radical (unpaired) electrons. The fraction of sp³-hybridized carbons (Fsp3) is 0.409. The number of amides is 3. The molecule has 0 bridgehead atoms. The Balaban J connectivity index is 1.65. The topological polar surface area (TPSA) is 82.9 Å². The molecule has 8 heteroatoms. The first-order chi connectivity index (χ1) is 14.4. The van der Waals surface area contributed by atoms with E-state index in [9.17, 15) is 18.8 Å². The van der Waals surface area contributed by atoms with Crippen molar-refractivity contribution < 1.29 is 23.2 Å². The molecule has 2 heterocycles. The molecule has 0 aliphatic carbocycles. The second kappa shape index (κ2) is 9.56. The Hall–Kier alpha value is -3.16. The van der Waals surface area contributed by atoms with Crippen molar-refractivity contribution >= 4 is 17.7 Å². The molecule has 1 aromatic carbocycles. The molecule has 1 saturated heterocycles. The predicted octanol–water partition coefficient (Wildman–Crippen LogP) is 2.55. The van der Waals surface area contributed by atoms with Gasteiger partial charge in [0.1, 0.15) is 11.9 Å². The van der Waals surface area contributed by atoms with Gasteiger partial charge < -0.3 is 19.5 Å². The zero-order valence-electron chi connectivity index (χ0n) is 17.1. The van der Waals surface area contributed by atoms with E-state index < -0.39 is 17.8 Å². The first kappa shape index (κ1) is 21.5. The molecule has 0 saturated carbocycles. The molecule has 1 atom stereocenters. The number of nitrogens with zero attached hydrogens (tertiary/aromatic N) is 2. The van der Waals surface area contributed by atoms with Gasteiger partial charge in [0.05, 0.1) is 11.8 Å². The zero-order chi connectivity index (χ0) is 21.7. The average molecular weight is 415 g/mol. The summed E-state index contributed by atoms with van der Waals surface area (Å²) in [7, 11) is 0. The number of carbonyl (C=O) groups is 3. The van der Waals surface area contributed by atoms with Gasteiger partial charge in [-0.15, -0.1) is 0 Å². The minimum atomic E-state index is -0.712. The van der Waals surface area contributed by atoms with Crippen molar-refractivity contribution in [2.24, 2.45) is 5.92 Å². The van der Waals surface area contributed by atoms with Gasteiger partial charge in [-0.3, -0.25) is 14.4 Å². The summed E-state index contributed by atoms with van der Waals surface area (Å²) < 4.78 is 19.1. The third kappa shape index (κ3) is 4.87. The van der Waals surface area contributed by atoms with E-state index in [2.05, 4.69) is 5.32 Å². The minimum Gasteiger partial charge on any atom is -0.459 e. The maximum atomic E-state index is 14.0. The van der Waals surface area contributed by atoms with Gasteiger partial charge in [-0.05, 0) is 36.6 Å². The van der Waals surface area contributed by atoms with E-state index in [0.717, 1.165) is 0 Å². The van der Waals surface area contributed by atoms with Crippen LogP contribution in [0.1, 0.15) is 41.2 Å². The van der Waals surface area contributed by atoms with Gasteiger partial charge in [0.25, 0.3) is 11.8 Å². The molecule has 0 spiro atoms. The summed E-state index contributed by atoms with van der Waals surface area (Å²) in [6, 6.07) is 8.32. The summed E-state index contributed by atoms with van der Waals surface area (Å²) >= 11 is 0. The van der Waals surface area contributed by atoms with Crippen LogP contribution in [-0.4, -0.2) is 59.7 Å². The Kier molecular flexibility index (Phi) is 6.87. The molecule has 1 aliphatic rings. The van der Waals surface area contributed by atoms with Gasteiger partial charge in [-0.25, -0.2) is 4.39 Å². The van der Waals surface area contributed by atoms with Crippen molar-refractivity contribution in [1.82, 2.24) is 15.1 Å². The molecule has 1 aromatic heterocycles. The molecule has 2 aromatic rings. The molecule has 160 valence electrons. The molecule has 30 heavy (non-hydrogen) atoms. The highest BCUT2D eigenvalue weighted by atomic mass is 19.1. The predicted molar refractivity (Wildman–Crippen MR) is 108 cm³/mol. The number of hydrogen-bond acceptors (Lipinski definition) is 4. The number of halogens is 1. The molecule has 3 amide bonds. The third-order valence-electron chi connectivity index (χ3n) is 5.16. The SMILES string of the molecule is CC(C)C(NC(=O)c1ccco1)C(=O)N1CCCN(C(=O)c2ccccc2F)CC1. The zero-order valence-corrected chi connectivity index (χ0v) is 17.1. The molecule has 1 aliphatic heterocycles. The fourth-order valence-electron chi connectivity index (χ4n) is 3.48. The lowest BCUT2D eigenvalue weighted by atomic mass is 10.0. The van der Waals surface area contributed by atoms with Gasteiger partial charge in [0, 0.05) is 26.2 Å². The van der Waals surface area contributed by atoms with E-state index in [4.69, 9.17) is 4.42 Å². The Morgan fingerprint density at radius 2 is 1.70 bits per heavy atom. The van der Waals surface area contributed by atoms with Gasteiger partial charge in [-0.1, -0.05) is 26.0 Å². The summed E-state index contributed by atoms with van der Waals surface area (Å²) in [5.74, 6) is -1.57. The van der Waals surface area contributed by atoms with Crippen molar-refractivity contribution in [3.8, 4) is 0 Å². The largest absolute Gasteiger partial charge is 0.459 e. The van der Waals surface area contributed by atoms with E-state index in [-0.39, 0.29) is 29.1 Å². The number of nitrogens with one attached hydrogen (secondary N) is 1. The van der Waals surface area contributed by atoms with Crippen molar-refractivity contribution in [2.45, 2.75) is 26.3 Å². The lowest BCUT2D eigenvalue weighted by Crippen LogP contribution is -2.52. The van der Waals surface area contributed by atoms with Gasteiger partial charge >= 0.3 is 0 Å². The first-order valence-electron chi connectivity index (χ1n) is 10.1. The standard InChI is InChI=1S/C22H26FN3O4/c1-15(2)19(24-20(27)18-9-5-14-30-18)22(29)26-11-6-10-25(12-13-26)21(28)16-7-3-4-8-17(16)23/h3-5,7-9,14-15,19H,6,10-13H2,1-2H3,(H,24,27). The highest BCUT2D eigenvalue weighted by molar-refractivity contribution is 5.96.